The van der Waals surface area contributed by atoms with Gasteiger partial charge in [0.1, 0.15) is 6.04 Å². The van der Waals surface area contributed by atoms with E-state index in [0.717, 1.165) is 32.1 Å². The van der Waals surface area contributed by atoms with Gasteiger partial charge in [0.05, 0.1) is 6.61 Å². The largest absolute Gasteiger partial charge is 0.465 e. The highest BCUT2D eigenvalue weighted by Gasteiger charge is 2.26. The molecule has 0 rings (SSSR count). The molecule has 1 atom stereocenters. The summed E-state index contributed by atoms with van der Waals surface area (Å²) in [5.74, 6) is -2.50. The lowest BCUT2D eigenvalue weighted by Gasteiger charge is -2.24. The van der Waals surface area contributed by atoms with E-state index in [9.17, 15) is 15.0 Å². The average Bonchev–Trinajstić information content (AvgIpc) is 2.60. The molecule has 0 aliphatic rings. The third-order valence-electron chi connectivity index (χ3n) is 4.52. The predicted molar refractivity (Wildman–Crippen MR) is 111 cm³/mol. The molecular formula is C22H43NO4. The molecule has 1 unspecified atom stereocenters. The smallest absolute Gasteiger partial charge is 0.323 e. The fraction of sp³-hybridized carbons (Fsp3) is 0.864. The van der Waals surface area contributed by atoms with Crippen molar-refractivity contribution in [1.82, 2.24) is 5.32 Å². The van der Waals surface area contributed by atoms with Crippen molar-refractivity contribution < 1.29 is 19.7 Å². The molecule has 0 fully saturated rings. The lowest BCUT2D eigenvalue weighted by molar-refractivity contribution is -0.184. The van der Waals surface area contributed by atoms with Crippen molar-refractivity contribution >= 4 is 5.97 Å². The highest BCUT2D eigenvalue weighted by atomic mass is 16.5. The van der Waals surface area contributed by atoms with Gasteiger partial charge in [0.25, 0.3) is 0 Å². The zero-order valence-corrected chi connectivity index (χ0v) is 17.8. The van der Waals surface area contributed by atoms with Crippen LogP contribution in [0.15, 0.2) is 12.2 Å². The van der Waals surface area contributed by atoms with Crippen molar-refractivity contribution in [3.63, 3.8) is 0 Å². The van der Waals surface area contributed by atoms with Crippen LogP contribution in [0.3, 0.4) is 0 Å². The van der Waals surface area contributed by atoms with Crippen molar-refractivity contribution in [2.24, 2.45) is 0 Å². The van der Waals surface area contributed by atoms with Crippen molar-refractivity contribution in [3.8, 4) is 0 Å². The molecule has 27 heavy (non-hydrogen) atoms. The van der Waals surface area contributed by atoms with E-state index < -0.39 is 17.9 Å². The third-order valence-corrected chi connectivity index (χ3v) is 4.52. The number of carbonyl (C=O) groups is 1. The van der Waals surface area contributed by atoms with Crippen LogP contribution in [-0.2, 0) is 9.53 Å². The summed E-state index contributed by atoms with van der Waals surface area (Å²) in [6.45, 7) is 5.48. The van der Waals surface area contributed by atoms with Gasteiger partial charge in [0.2, 0.25) is 5.91 Å². The Bertz CT molecular complexity index is 377. The van der Waals surface area contributed by atoms with Crippen molar-refractivity contribution in [2.75, 3.05) is 6.61 Å². The minimum Gasteiger partial charge on any atom is -0.465 e. The van der Waals surface area contributed by atoms with Crippen LogP contribution in [0.5, 0.6) is 0 Å². The first-order valence-corrected chi connectivity index (χ1v) is 10.9. The summed E-state index contributed by atoms with van der Waals surface area (Å²) in [6.07, 6.45) is 19.7. The van der Waals surface area contributed by atoms with Gasteiger partial charge in [-0.15, -0.1) is 0 Å². The summed E-state index contributed by atoms with van der Waals surface area (Å²) in [5.41, 5.74) is 0. The van der Waals surface area contributed by atoms with Gasteiger partial charge in [-0.2, -0.15) is 0 Å². The molecule has 0 radical (unpaired) electrons. The number of rotatable bonds is 18. The summed E-state index contributed by atoms with van der Waals surface area (Å²) in [7, 11) is 0. The van der Waals surface area contributed by atoms with E-state index in [1.165, 1.54) is 51.9 Å². The highest BCUT2D eigenvalue weighted by Crippen LogP contribution is 2.11. The molecule has 0 aliphatic heterocycles. The van der Waals surface area contributed by atoms with E-state index >= 15 is 0 Å². The summed E-state index contributed by atoms with van der Waals surface area (Å²) < 4.78 is 4.99. The number of ether oxygens (including phenoxy) is 1. The van der Waals surface area contributed by atoms with E-state index in [1.807, 2.05) is 0 Å². The first-order chi connectivity index (χ1) is 12.9. The average molecular weight is 386 g/mol. The van der Waals surface area contributed by atoms with Crippen LogP contribution in [0.2, 0.25) is 0 Å². The number of hydrogen-bond acceptors (Lipinski definition) is 5. The van der Waals surface area contributed by atoms with Gasteiger partial charge in [-0.05, 0) is 39.0 Å². The number of carbonyl (C=O) groups excluding carboxylic acids is 1. The van der Waals surface area contributed by atoms with Gasteiger partial charge in [0, 0.05) is 6.92 Å². The summed E-state index contributed by atoms with van der Waals surface area (Å²) in [5, 5.41) is 21.4. The first kappa shape index (κ1) is 26.1. The highest BCUT2D eigenvalue weighted by molar-refractivity contribution is 5.75. The van der Waals surface area contributed by atoms with Crippen LogP contribution in [-0.4, -0.2) is 34.7 Å². The molecule has 5 nitrogen and oxygen atoms in total. The SMILES string of the molecule is CCCCCCCC/C=C\CCCCCCC(NC(C)(O)O)C(=O)OCC. The molecule has 0 saturated carbocycles. The van der Waals surface area contributed by atoms with E-state index in [2.05, 4.69) is 24.4 Å². The summed E-state index contributed by atoms with van der Waals surface area (Å²) in [6, 6.07) is -0.679. The Labute approximate surface area is 166 Å². The van der Waals surface area contributed by atoms with Crippen molar-refractivity contribution in [2.45, 2.75) is 116 Å². The normalized spacial score (nSPS) is 13.2. The Balaban J connectivity index is 3.69. The Morgan fingerprint density at radius 1 is 0.926 bits per heavy atom. The van der Waals surface area contributed by atoms with Crippen LogP contribution < -0.4 is 5.32 Å². The van der Waals surface area contributed by atoms with Gasteiger partial charge in [-0.1, -0.05) is 70.4 Å². The molecule has 0 aromatic carbocycles. The number of nitrogens with one attached hydrogen (secondary N) is 1. The Kier molecular flexibility index (Phi) is 16.6. The molecule has 0 spiro atoms. The standard InChI is InChI=1S/C22H43NO4/c1-4-6-7-8-9-10-11-12-13-14-15-16-17-18-19-20(21(24)27-5-2)23-22(3,25)26/h12-13,20,23,25-26H,4-11,14-19H2,1-3H3/b13-12-. The van der Waals surface area contributed by atoms with Crippen LogP contribution in [0, 0.1) is 0 Å². The first-order valence-electron chi connectivity index (χ1n) is 10.9. The maximum absolute atomic E-state index is 11.9. The fourth-order valence-corrected chi connectivity index (χ4v) is 3.06. The van der Waals surface area contributed by atoms with Gasteiger partial charge < -0.3 is 14.9 Å². The second-order valence-electron chi connectivity index (χ2n) is 7.49. The molecule has 0 saturated heterocycles. The van der Waals surface area contributed by atoms with Crippen LogP contribution in [0.1, 0.15) is 104 Å². The van der Waals surface area contributed by atoms with Crippen LogP contribution >= 0.6 is 0 Å². The van der Waals surface area contributed by atoms with Gasteiger partial charge >= 0.3 is 5.97 Å². The Morgan fingerprint density at radius 2 is 1.44 bits per heavy atom. The van der Waals surface area contributed by atoms with E-state index in [4.69, 9.17) is 4.74 Å². The zero-order valence-electron chi connectivity index (χ0n) is 17.8. The number of allylic oxidation sites excluding steroid dienone is 2. The minimum atomic E-state index is -2.07. The molecule has 0 aromatic rings. The van der Waals surface area contributed by atoms with Gasteiger partial charge in [0.15, 0.2) is 0 Å². The third kappa shape index (κ3) is 18.2. The van der Waals surface area contributed by atoms with Crippen LogP contribution in [0.4, 0.5) is 0 Å². The molecule has 0 heterocycles. The number of esters is 1. The quantitative estimate of drug-likeness (QED) is 0.136. The molecule has 5 heteroatoms. The van der Waals surface area contributed by atoms with E-state index in [1.54, 1.807) is 6.92 Å². The number of unbranched alkanes of at least 4 members (excludes halogenated alkanes) is 10. The second kappa shape index (κ2) is 17.2. The van der Waals surface area contributed by atoms with Crippen molar-refractivity contribution in [3.05, 3.63) is 12.2 Å². The molecule has 160 valence electrons. The van der Waals surface area contributed by atoms with Gasteiger partial charge in [-0.25, -0.2) is 0 Å². The predicted octanol–water partition coefficient (Wildman–Crippen LogP) is 4.81. The minimum absolute atomic E-state index is 0.287. The fourth-order valence-electron chi connectivity index (χ4n) is 3.06. The Morgan fingerprint density at radius 3 is 1.96 bits per heavy atom. The molecule has 3 N–H and O–H groups in total. The van der Waals surface area contributed by atoms with E-state index in [0.29, 0.717) is 6.42 Å². The van der Waals surface area contributed by atoms with Crippen LogP contribution in [0.25, 0.3) is 0 Å². The maximum Gasteiger partial charge on any atom is 0.323 e. The zero-order chi connectivity index (χ0) is 20.4. The molecule has 0 aliphatic carbocycles. The van der Waals surface area contributed by atoms with Gasteiger partial charge in [-0.3, -0.25) is 10.1 Å². The molecular weight excluding hydrogens is 342 g/mol. The number of aliphatic hydroxyl groups is 2. The number of hydrogen-bond donors (Lipinski definition) is 3. The van der Waals surface area contributed by atoms with Crippen molar-refractivity contribution in [1.29, 1.82) is 0 Å². The maximum atomic E-state index is 11.9. The molecule has 0 amide bonds. The monoisotopic (exact) mass is 385 g/mol. The lowest BCUT2D eigenvalue weighted by Crippen LogP contribution is -2.51. The summed E-state index contributed by atoms with van der Waals surface area (Å²) in [4.78, 5) is 11.9. The van der Waals surface area contributed by atoms with E-state index in [-0.39, 0.29) is 6.61 Å². The second-order valence-corrected chi connectivity index (χ2v) is 7.49. The molecule has 0 bridgehead atoms. The topological polar surface area (TPSA) is 78.8 Å². The lowest BCUT2D eigenvalue weighted by atomic mass is 10.1. The molecule has 0 aromatic heterocycles. The summed E-state index contributed by atoms with van der Waals surface area (Å²) >= 11 is 0. The Hall–Kier alpha value is -0.910.